The Morgan fingerprint density at radius 3 is 2.73 bits per heavy atom. The second kappa shape index (κ2) is 8.18. The maximum Gasteiger partial charge on any atom is 0.251 e. The molecule has 1 atom stereocenters. The molecule has 0 aliphatic rings. The molecule has 2 heterocycles. The Labute approximate surface area is 155 Å². The largest absolute Gasteiger partial charge is 0.497 e. The van der Waals surface area contributed by atoms with Gasteiger partial charge in [-0.15, -0.1) is 10.2 Å². The number of aromatic nitrogens is 4. The van der Waals surface area contributed by atoms with Crippen molar-refractivity contribution >= 4 is 11.8 Å². The number of H-pyrrole nitrogens is 1. The fraction of sp³-hybridized carbons (Fsp3) is 0.333. The van der Waals surface area contributed by atoms with E-state index < -0.39 is 0 Å². The molecule has 0 saturated heterocycles. The van der Waals surface area contributed by atoms with E-state index in [2.05, 4.69) is 27.1 Å². The summed E-state index contributed by atoms with van der Waals surface area (Å²) in [5, 5.41) is 8.64. The van der Waals surface area contributed by atoms with Crippen molar-refractivity contribution in [2.75, 3.05) is 7.11 Å². The minimum Gasteiger partial charge on any atom is -0.497 e. The second-order valence-electron chi connectivity index (χ2n) is 5.73. The van der Waals surface area contributed by atoms with Gasteiger partial charge in [0.2, 0.25) is 11.8 Å². The highest BCUT2D eigenvalue weighted by Gasteiger charge is 2.18. The highest BCUT2D eigenvalue weighted by molar-refractivity contribution is 7.99. The van der Waals surface area contributed by atoms with Crippen LogP contribution in [0.5, 0.6) is 5.75 Å². The Morgan fingerprint density at radius 1 is 1.27 bits per heavy atom. The van der Waals surface area contributed by atoms with Crippen molar-refractivity contribution in [3.8, 4) is 17.2 Å². The quantitative estimate of drug-likeness (QED) is 0.500. The van der Waals surface area contributed by atoms with Crippen LogP contribution in [0.3, 0.4) is 0 Å². The summed E-state index contributed by atoms with van der Waals surface area (Å²) in [6.45, 7) is 3.99. The number of aromatic amines is 1. The van der Waals surface area contributed by atoms with Gasteiger partial charge in [0, 0.05) is 17.3 Å². The first kappa shape index (κ1) is 18.2. The normalized spacial score (nSPS) is 12.1. The van der Waals surface area contributed by atoms with Gasteiger partial charge in [0.15, 0.2) is 5.16 Å². The lowest BCUT2D eigenvalue weighted by atomic mass is 10.2. The van der Waals surface area contributed by atoms with Gasteiger partial charge in [-0.1, -0.05) is 25.1 Å². The number of aryl methyl sites for hydroxylation is 1. The third-order valence-electron chi connectivity index (χ3n) is 3.69. The van der Waals surface area contributed by atoms with Crippen molar-refractivity contribution in [3.05, 3.63) is 52.3 Å². The molecule has 2 aromatic heterocycles. The molecule has 0 fully saturated rings. The Balaban J connectivity index is 1.75. The van der Waals surface area contributed by atoms with Crippen LogP contribution in [-0.2, 0) is 6.42 Å². The first-order chi connectivity index (χ1) is 12.6. The molecule has 1 N–H and O–H groups in total. The van der Waals surface area contributed by atoms with Crippen molar-refractivity contribution in [2.24, 2.45) is 0 Å². The molecule has 26 heavy (non-hydrogen) atoms. The SMILES string of the molecule is CCCc1cc(=O)[nH]c(S[C@H](C)c2nnc(-c3ccc(OC)cc3)o2)n1. The molecule has 136 valence electrons. The minimum atomic E-state index is -0.150. The van der Waals surface area contributed by atoms with Gasteiger partial charge in [-0.25, -0.2) is 4.98 Å². The number of hydrogen-bond acceptors (Lipinski definition) is 7. The lowest BCUT2D eigenvalue weighted by Crippen LogP contribution is -2.10. The lowest BCUT2D eigenvalue weighted by molar-refractivity contribution is 0.415. The first-order valence-corrected chi connectivity index (χ1v) is 9.21. The van der Waals surface area contributed by atoms with Gasteiger partial charge >= 0.3 is 0 Å². The summed E-state index contributed by atoms with van der Waals surface area (Å²) in [4.78, 5) is 19.0. The third-order valence-corrected chi connectivity index (χ3v) is 4.66. The summed E-state index contributed by atoms with van der Waals surface area (Å²) in [5.41, 5.74) is 1.45. The molecule has 1 aromatic carbocycles. The summed E-state index contributed by atoms with van der Waals surface area (Å²) in [6.07, 6.45) is 1.71. The minimum absolute atomic E-state index is 0.144. The predicted molar refractivity (Wildman–Crippen MR) is 99.4 cm³/mol. The average molecular weight is 372 g/mol. The van der Waals surface area contributed by atoms with Crippen molar-refractivity contribution in [1.29, 1.82) is 0 Å². The Bertz CT molecular complexity index is 921. The number of benzene rings is 1. The number of thioether (sulfide) groups is 1. The zero-order chi connectivity index (χ0) is 18.5. The van der Waals surface area contributed by atoms with E-state index in [0.29, 0.717) is 16.9 Å². The number of ether oxygens (including phenoxy) is 1. The monoisotopic (exact) mass is 372 g/mol. The fourth-order valence-electron chi connectivity index (χ4n) is 2.39. The average Bonchev–Trinajstić information content (AvgIpc) is 3.12. The molecule has 8 heteroatoms. The Hall–Kier alpha value is -2.61. The Kier molecular flexibility index (Phi) is 5.72. The van der Waals surface area contributed by atoms with E-state index in [-0.39, 0.29) is 10.8 Å². The number of methoxy groups -OCH3 is 1. The molecular formula is C18H20N4O3S. The Morgan fingerprint density at radius 2 is 2.04 bits per heavy atom. The van der Waals surface area contributed by atoms with Crippen LogP contribution < -0.4 is 10.3 Å². The molecule has 3 aromatic rings. The van der Waals surface area contributed by atoms with Gasteiger partial charge in [0.05, 0.1) is 12.4 Å². The number of nitrogens with one attached hydrogen (secondary N) is 1. The van der Waals surface area contributed by atoms with Crippen molar-refractivity contribution < 1.29 is 9.15 Å². The van der Waals surface area contributed by atoms with E-state index >= 15 is 0 Å². The van der Waals surface area contributed by atoms with Crippen LogP contribution in [0.2, 0.25) is 0 Å². The van der Waals surface area contributed by atoms with Crippen LogP contribution in [0, 0.1) is 0 Å². The van der Waals surface area contributed by atoms with Crippen LogP contribution in [0.25, 0.3) is 11.5 Å². The number of hydrogen-bond donors (Lipinski definition) is 1. The summed E-state index contributed by atoms with van der Waals surface area (Å²) in [6, 6.07) is 8.94. The van der Waals surface area contributed by atoms with Gasteiger partial charge in [-0.05, 0) is 37.6 Å². The summed E-state index contributed by atoms with van der Waals surface area (Å²) < 4.78 is 10.9. The molecule has 0 aliphatic heterocycles. The molecule has 0 unspecified atom stereocenters. The maximum absolute atomic E-state index is 11.8. The van der Waals surface area contributed by atoms with Gasteiger partial charge < -0.3 is 14.1 Å². The van der Waals surface area contributed by atoms with E-state index in [1.54, 1.807) is 7.11 Å². The van der Waals surface area contributed by atoms with Gasteiger partial charge in [0.25, 0.3) is 5.56 Å². The smallest absolute Gasteiger partial charge is 0.251 e. The molecule has 0 saturated carbocycles. The van der Waals surface area contributed by atoms with Gasteiger partial charge in [-0.3, -0.25) is 4.79 Å². The second-order valence-corrected chi connectivity index (χ2v) is 7.06. The molecule has 0 amide bonds. The topological polar surface area (TPSA) is 93.9 Å². The first-order valence-electron chi connectivity index (χ1n) is 8.33. The van der Waals surface area contributed by atoms with Crippen LogP contribution in [0.1, 0.15) is 37.1 Å². The van der Waals surface area contributed by atoms with E-state index in [4.69, 9.17) is 9.15 Å². The molecule has 0 spiro atoms. The number of rotatable bonds is 7. The van der Waals surface area contributed by atoms with Crippen LogP contribution in [0.15, 0.2) is 44.7 Å². The molecule has 7 nitrogen and oxygen atoms in total. The summed E-state index contributed by atoms with van der Waals surface area (Å²) in [7, 11) is 1.62. The predicted octanol–water partition coefficient (Wildman–Crippen LogP) is 3.63. The van der Waals surface area contributed by atoms with Crippen LogP contribution in [-0.4, -0.2) is 27.3 Å². The van der Waals surface area contributed by atoms with Gasteiger partial charge in [-0.2, -0.15) is 0 Å². The molecule has 3 rings (SSSR count). The lowest BCUT2D eigenvalue weighted by Gasteiger charge is -2.07. The van der Waals surface area contributed by atoms with E-state index in [1.165, 1.54) is 17.8 Å². The third kappa shape index (κ3) is 4.32. The molecule has 0 radical (unpaired) electrons. The van der Waals surface area contributed by atoms with Crippen molar-refractivity contribution in [3.63, 3.8) is 0 Å². The van der Waals surface area contributed by atoms with E-state index in [9.17, 15) is 4.79 Å². The van der Waals surface area contributed by atoms with Gasteiger partial charge in [0.1, 0.15) is 5.75 Å². The highest BCUT2D eigenvalue weighted by atomic mass is 32.2. The van der Waals surface area contributed by atoms with Crippen LogP contribution in [0.4, 0.5) is 0 Å². The summed E-state index contributed by atoms with van der Waals surface area (Å²) in [5.74, 6) is 1.68. The van der Waals surface area contributed by atoms with E-state index in [1.807, 2.05) is 31.2 Å². The summed E-state index contributed by atoms with van der Waals surface area (Å²) >= 11 is 1.38. The van der Waals surface area contributed by atoms with E-state index in [0.717, 1.165) is 29.8 Å². The molecule has 0 bridgehead atoms. The molecule has 0 aliphatic carbocycles. The number of nitrogens with zero attached hydrogens (tertiary/aromatic N) is 3. The van der Waals surface area contributed by atoms with Crippen molar-refractivity contribution in [1.82, 2.24) is 20.2 Å². The highest BCUT2D eigenvalue weighted by Crippen LogP contribution is 2.33. The van der Waals surface area contributed by atoms with Crippen molar-refractivity contribution in [2.45, 2.75) is 37.1 Å². The standard InChI is InChI=1S/C18H20N4O3S/c1-4-5-13-10-15(23)20-18(19-13)26-11(2)16-21-22-17(25-16)12-6-8-14(24-3)9-7-12/h6-11H,4-5H2,1-3H3,(H,19,20,23)/t11-/m1/s1. The zero-order valence-electron chi connectivity index (χ0n) is 14.9. The van der Waals surface area contributed by atoms with Crippen LogP contribution >= 0.6 is 11.8 Å². The molecular weight excluding hydrogens is 352 g/mol. The maximum atomic E-state index is 11.8. The zero-order valence-corrected chi connectivity index (χ0v) is 15.7. The fourth-order valence-corrected chi connectivity index (χ4v) is 3.25.